The van der Waals surface area contributed by atoms with Crippen LogP contribution in [0.5, 0.6) is 0 Å². The normalized spacial score (nSPS) is 15.0. The summed E-state index contributed by atoms with van der Waals surface area (Å²) in [6.45, 7) is 3.99. The lowest BCUT2D eigenvalue weighted by Gasteiger charge is -2.30. The monoisotopic (exact) mass is 274 g/mol. The van der Waals surface area contributed by atoms with Gasteiger partial charge in [0.25, 0.3) is 0 Å². The maximum absolute atomic E-state index is 12.7. The first kappa shape index (κ1) is 15.5. The summed E-state index contributed by atoms with van der Waals surface area (Å²) in [6, 6.07) is 4.93. The molecule has 106 valence electrons. The lowest BCUT2D eigenvalue weighted by atomic mass is 9.87. The zero-order chi connectivity index (χ0) is 14.7. The van der Waals surface area contributed by atoms with Gasteiger partial charge in [0.1, 0.15) is 0 Å². The van der Waals surface area contributed by atoms with E-state index in [4.69, 9.17) is 5.73 Å². The highest BCUT2D eigenvalue weighted by Gasteiger charge is 2.33. The molecule has 0 saturated heterocycles. The smallest absolute Gasteiger partial charge is 0.370 e. The summed E-state index contributed by atoms with van der Waals surface area (Å²) in [7, 11) is 0. The van der Waals surface area contributed by atoms with Gasteiger partial charge in [-0.15, -0.1) is 0 Å². The number of primary amides is 1. The Bertz CT molecular complexity index is 459. The van der Waals surface area contributed by atoms with Crippen molar-refractivity contribution >= 4 is 5.91 Å². The highest BCUT2D eigenvalue weighted by Crippen LogP contribution is 2.33. The van der Waals surface area contributed by atoms with E-state index in [1.54, 1.807) is 13.0 Å². The van der Waals surface area contributed by atoms with Crippen LogP contribution in [0.2, 0.25) is 0 Å². The van der Waals surface area contributed by atoms with Gasteiger partial charge in [0.05, 0.1) is 5.56 Å². The molecule has 0 saturated carbocycles. The Kier molecular flexibility index (Phi) is 4.57. The van der Waals surface area contributed by atoms with Gasteiger partial charge in [-0.3, -0.25) is 4.79 Å². The molecule has 1 unspecified atom stereocenters. The van der Waals surface area contributed by atoms with Crippen LogP contribution in [-0.4, -0.2) is 12.5 Å². The molecule has 0 aliphatic heterocycles. The van der Waals surface area contributed by atoms with Gasteiger partial charge >= 0.3 is 6.18 Å². The van der Waals surface area contributed by atoms with Gasteiger partial charge in [0.2, 0.25) is 5.91 Å². The Labute approximate surface area is 110 Å². The topological polar surface area (TPSA) is 55.1 Å². The summed E-state index contributed by atoms with van der Waals surface area (Å²) < 4.78 is 38.1. The molecule has 0 spiro atoms. The SMILES string of the molecule is CCNC(C)(CC(N)=O)c1cccc(C(F)(F)F)c1. The number of hydrogen-bond acceptors (Lipinski definition) is 2. The summed E-state index contributed by atoms with van der Waals surface area (Å²) >= 11 is 0. The number of carbonyl (C=O) groups is 1. The molecule has 0 fully saturated rings. The standard InChI is InChI=1S/C13H17F3N2O/c1-3-18-12(2,8-11(17)19)9-5-4-6-10(7-9)13(14,15)16/h4-7,18H,3,8H2,1-2H3,(H2,17,19). The fourth-order valence-corrected chi connectivity index (χ4v) is 2.04. The summed E-state index contributed by atoms with van der Waals surface area (Å²) in [4.78, 5) is 11.1. The molecule has 0 aliphatic rings. The first-order valence-electron chi connectivity index (χ1n) is 5.90. The number of rotatable bonds is 5. The van der Waals surface area contributed by atoms with Crippen LogP contribution in [0.25, 0.3) is 0 Å². The fourth-order valence-electron chi connectivity index (χ4n) is 2.04. The van der Waals surface area contributed by atoms with E-state index in [2.05, 4.69) is 5.32 Å². The molecule has 6 heteroatoms. The predicted molar refractivity (Wildman–Crippen MR) is 66.3 cm³/mol. The second-order valence-corrected chi connectivity index (χ2v) is 4.58. The first-order valence-corrected chi connectivity index (χ1v) is 5.90. The van der Waals surface area contributed by atoms with Gasteiger partial charge < -0.3 is 11.1 Å². The molecule has 1 aromatic rings. The minimum absolute atomic E-state index is 0.0673. The molecule has 0 heterocycles. The Morgan fingerprint density at radius 2 is 1.89 bits per heavy atom. The average Bonchev–Trinajstić information content (AvgIpc) is 2.27. The van der Waals surface area contributed by atoms with Gasteiger partial charge in [-0.05, 0) is 31.2 Å². The number of alkyl halides is 3. The van der Waals surface area contributed by atoms with Crippen LogP contribution >= 0.6 is 0 Å². The molecule has 1 amide bonds. The molecule has 0 aliphatic carbocycles. The number of nitrogens with one attached hydrogen (secondary N) is 1. The van der Waals surface area contributed by atoms with E-state index in [9.17, 15) is 18.0 Å². The largest absolute Gasteiger partial charge is 0.416 e. The van der Waals surface area contributed by atoms with Crippen LogP contribution in [0.3, 0.4) is 0 Å². The van der Waals surface area contributed by atoms with Crippen molar-refractivity contribution in [3.8, 4) is 0 Å². The number of carbonyl (C=O) groups excluding carboxylic acids is 1. The van der Waals surface area contributed by atoms with Crippen LogP contribution in [0.1, 0.15) is 31.4 Å². The van der Waals surface area contributed by atoms with Gasteiger partial charge in [0, 0.05) is 12.0 Å². The summed E-state index contributed by atoms with van der Waals surface area (Å²) in [6.07, 6.45) is -4.47. The van der Waals surface area contributed by atoms with Crippen molar-refractivity contribution in [2.75, 3.05) is 6.54 Å². The molecule has 0 bridgehead atoms. The van der Waals surface area contributed by atoms with E-state index < -0.39 is 23.2 Å². The lowest BCUT2D eigenvalue weighted by Crippen LogP contribution is -2.42. The molecule has 19 heavy (non-hydrogen) atoms. The van der Waals surface area contributed by atoms with Gasteiger partial charge in [-0.1, -0.05) is 19.1 Å². The summed E-state index contributed by atoms with van der Waals surface area (Å²) in [5.74, 6) is -0.569. The third-order valence-corrected chi connectivity index (χ3v) is 2.92. The molecule has 1 atom stereocenters. The van der Waals surface area contributed by atoms with Crippen LogP contribution in [-0.2, 0) is 16.5 Å². The van der Waals surface area contributed by atoms with Gasteiger partial charge in [-0.2, -0.15) is 13.2 Å². The Balaban J connectivity index is 3.20. The molecular weight excluding hydrogens is 257 g/mol. The van der Waals surface area contributed by atoms with Crippen molar-refractivity contribution in [2.24, 2.45) is 5.73 Å². The zero-order valence-corrected chi connectivity index (χ0v) is 10.8. The van der Waals surface area contributed by atoms with E-state index in [-0.39, 0.29) is 6.42 Å². The third-order valence-electron chi connectivity index (χ3n) is 2.92. The van der Waals surface area contributed by atoms with E-state index in [1.807, 2.05) is 6.92 Å². The molecule has 3 N–H and O–H groups in total. The minimum Gasteiger partial charge on any atom is -0.370 e. The lowest BCUT2D eigenvalue weighted by molar-refractivity contribution is -0.137. The van der Waals surface area contributed by atoms with Crippen LogP contribution in [0.15, 0.2) is 24.3 Å². The van der Waals surface area contributed by atoms with Crippen molar-refractivity contribution in [3.63, 3.8) is 0 Å². The third kappa shape index (κ3) is 3.96. The number of halogens is 3. The highest BCUT2D eigenvalue weighted by molar-refractivity contribution is 5.75. The second-order valence-electron chi connectivity index (χ2n) is 4.58. The average molecular weight is 274 g/mol. The molecule has 1 aromatic carbocycles. The molecule has 3 nitrogen and oxygen atoms in total. The van der Waals surface area contributed by atoms with Crippen molar-refractivity contribution in [2.45, 2.75) is 32.0 Å². The molecule has 0 aromatic heterocycles. The summed E-state index contributed by atoms with van der Waals surface area (Å²) in [5.41, 5.74) is 3.92. The van der Waals surface area contributed by atoms with E-state index in [0.29, 0.717) is 12.1 Å². The number of amides is 1. The Morgan fingerprint density at radius 1 is 1.32 bits per heavy atom. The van der Waals surface area contributed by atoms with Crippen LogP contribution in [0, 0.1) is 0 Å². The number of nitrogens with two attached hydrogens (primary N) is 1. The van der Waals surface area contributed by atoms with Crippen molar-refractivity contribution < 1.29 is 18.0 Å². The first-order chi connectivity index (χ1) is 8.69. The van der Waals surface area contributed by atoms with E-state index in [0.717, 1.165) is 12.1 Å². The van der Waals surface area contributed by atoms with Gasteiger partial charge in [-0.25, -0.2) is 0 Å². The van der Waals surface area contributed by atoms with E-state index in [1.165, 1.54) is 6.07 Å². The zero-order valence-electron chi connectivity index (χ0n) is 10.8. The maximum atomic E-state index is 12.7. The quantitative estimate of drug-likeness (QED) is 0.866. The Hall–Kier alpha value is -1.56. The number of benzene rings is 1. The van der Waals surface area contributed by atoms with Gasteiger partial charge in [0.15, 0.2) is 0 Å². The second kappa shape index (κ2) is 5.61. The summed E-state index contributed by atoms with van der Waals surface area (Å²) in [5, 5.41) is 3.02. The van der Waals surface area contributed by atoms with Crippen LogP contribution in [0.4, 0.5) is 13.2 Å². The molecular formula is C13H17F3N2O. The molecule has 1 rings (SSSR count). The highest BCUT2D eigenvalue weighted by atomic mass is 19.4. The van der Waals surface area contributed by atoms with Crippen molar-refractivity contribution in [3.05, 3.63) is 35.4 Å². The predicted octanol–water partition coefficient (Wildman–Crippen LogP) is 2.41. The van der Waals surface area contributed by atoms with E-state index >= 15 is 0 Å². The minimum atomic E-state index is -4.41. The van der Waals surface area contributed by atoms with Crippen LogP contribution < -0.4 is 11.1 Å². The molecule has 0 radical (unpaired) electrons. The van der Waals surface area contributed by atoms with Crippen molar-refractivity contribution in [1.29, 1.82) is 0 Å². The Morgan fingerprint density at radius 3 is 2.37 bits per heavy atom. The fraction of sp³-hybridized carbons (Fsp3) is 0.462. The number of hydrogen-bond donors (Lipinski definition) is 2. The van der Waals surface area contributed by atoms with Crippen molar-refractivity contribution in [1.82, 2.24) is 5.32 Å². The maximum Gasteiger partial charge on any atom is 0.416 e.